The number of hydrogen-bond donors (Lipinski definition) is 1. The number of nitrogens with one attached hydrogen (secondary N) is 1. The van der Waals surface area contributed by atoms with Crippen LogP contribution in [-0.4, -0.2) is 52.0 Å². The van der Waals surface area contributed by atoms with Crippen molar-refractivity contribution in [2.75, 3.05) is 47.1 Å². The maximum atomic E-state index is 13.5. The molecule has 1 fully saturated rings. The number of ether oxygens (including phenoxy) is 2. The molecule has 120 valence electrons. The van der Waals surface area contributed by atoms with Gasteiger partial charge >= 0.3 is 0 Å². The summed E-state index contributed by atoms with van der Waals surface area (Å²) in [5.74, 6) is 1.32. The Morgan fingerprint density at radius 3 is 2.19 bits per heavy atom. The van der Waals surface area contributed by atoms with Gasteiger partial charge in [0.05, 0.1) is 20.3 Å². The third-order valence-corrected chi connectivity index (χ3v) is 4.37. The molecule has 1 N–H and O–H groups in total. The second-order valence-corrected chi connectivity index (χ2v) is 5.49. The van der Waals surface area contributed by atoms with Crippen molar-refractivity contribution >= 4 is 28.3 Å². The molecule has 0 bridgehead atoms. The van der Waals surface area contributed by atoms with E-state index in [0.29, 0.717) is 11.5 Å². The van der Waals surface area contributed by atoms with E-state index in [9.17, 15) is 4.39 Å². The van der Waals surface area contributed by atoms with Crippen LogP contribution in [0.25, 0.3) is 0 Å². The van der Waals surface area contributed by atoms with Gasteiger partial charge in [-0.1, -0.05) is 0 Å². The van der Waals surface area contributed by atoms with Crippen molar-refractivity contribution < 1.29 is 13.9 Å². The molecule has 0 radical (unpaired) electrons. The Kier molecular flexibility index (Phi) is 7.73. The predicted molar refractivity (Wildman–Crippen MR) is 87.7 cm³/mol. The molecule has 0 aliphatic carbocycles. The molecule has 1 aromatic rings. The first-order valence-corrected chi connectivity index (χ1v) is 7.42. The monoisotopic (exact) mass is 382 g/mol. The molecule has 0 saturated carbocycles. The molecule has 1 atom stereocenters. The minimum Gasteiger partial charge on any atom is -0.495 e. The molecule has 21 heavy (non-hydrogen) atoms. The van der Waals surface area contributed by atoms with E-state index in [1.807, 2.05) is 12.1 Å². The van der Waals surface area contributed by atoms with Gasteiger partial charge < -0.3 is 14.8 Å². The number of rotatable bonds is 5. The first-order valence-electron chi connectivity index (χ1n) is 6.63. The molecule has 0 aromatic heterocycles. The number of alkyl halides is 1. The molecular formula is C14H21BrClFN2O2. The van der Waals surface area contributed by atoms with E-state index >= 15 is 0 Å². The number of benzene rings is 1. The van der Waals surface area contributed by atoms with Crippen molar-refractivity contribution in [1.29, 1.82) is 0 Å². The Morgan fingerprint density at radius 2 is 1.76 bits per heavy atom. The molecule has 4 nitrogen and oxygen atoms in total. The minimum absolute atomic E-state index is 0. The zero-order chi connectivity index (χ0) is 14.5. The number of methoxy groups -OCH3 is 2. The highest BCUT2D eigenvalue weighted by molar-refractivity contribution is 9.10. The van der Waals surface area contributed by atoms with Crippen LogP contribution in [0.2, 0.25) is 0 Å². The topological polar surface area (TPSA) is 33.7 Å². The van der Waals surface area contributed by atoms with E-state index < -0.39 is 6.67 Å². The van der Waals surface area contributed by atoms with E-state index in [1.165, 1.54) is 0 Å². The van der Waals surface area contributed by atoms with Gasteiger partial charge in [-0.3, -0.25) is 4.90 Å². The quantitative estimate of drug-likeness (QED) is 0.848. The summed E-state index contributed by atoms with van der Waals surface area (Å²) in [6.07, 6.45) is 0. The largest absolute Gasteiger partial charge is 0.495 e. The van der Waals surface area contributed by atoms with Crippen molar-refractivity contribution in [3.63, 3.8) is 0 Å². The first kappa shape index (κ1) is 18.5. The van der Waals surface area contributed by atoms with Gasteiger partial charge in [-0.2, -0.15) is 0 Å². The van der Waals surface area contributed by atoms with Crippen LogP contribution in [-0.2, 0) is 0 Å². The Morgan fingerprint density at radius 1 is 1.24 bits per heavy atom. The lowest BCUT2D eigenvalue weighted by atomic mass is 10.0. The fourth-order valence-electron chi connectivity index (χ4n) is 2.47. The van der Waals surface area contributed by atoms with Crippen molar-refractivity contribution in [2.45, 2.75) is 6.04 Å². The zero-order valence-corrected chi connectivity index (χ0v) is 14.6. The fraction of sp³-hybridized carbons (Fsp3) is 0.571. The van der Waals surface area contributed by atoms with E-state index in [4.69, 9.17) is 9.47 Å². The van der Waals surface area contributed by atoms with E-state index in [2.05, 4.69) is 26.1 Å². The van der Waals surface area contributed by atoms with Crippen molar-refractivity contribution in [1.82, 2.24) is 10.2 Å². The van der Waals surface area contributed by atoms with Crippen LogP contribution >= 0.6 is 28.3 Å². The second-order valence-electron chi connectivity index (χ2n) is 4.70. The fourth-order valence-corrected chi connectivity index (χ4v) is 3.03. The lowest BCUT2D eigenvalue weighted by molar-refractivity contribution is 0.147. The predicted octanol–water partition coefficient (Wildman–Crippen LogP) is 2.80. The third-order valence-electron chi connectivity index (χ3n) is 3.59. The highest BCUT2D eigenvalue weighted by Gasteiger charge is 2.24. The summed E-state index contributed by atoms with van der Waals surface area (Å²) < 4.78 is 25.0. The summed E-state index contributed by atoms with van der Waals surface area (Å²) in [5.41, 5.74) is 0.881. The molecule has 1 saturated heterocycles. The molecule has 0 unspecified atom stereocenters. The summed E-state index contributed by atoms with van der Waals surface area (Å²) in [7, 11) is 3.19. The van der Waals surface area contributed by atoms with Gasteiger partial charge in [-0.25, -0.2) is 4.39 Å². The first-order chi connectivity index (χ1) is 9.71. The molecule has 1 aliphatic heterocycles. The van der Waals surface area contributed by atoms with Gasteiger partial charge in [-0.15, -0.1) is 12.4 Å². The normalized spacial score (nSPS) is 17.0. The molecular weight excluding hydrogens is 363 g/mol. The third kappa shape index (κ3) is 4.22. The smallest absolute Gasteiger partial charge is 0.137 e. The Balaban J connectivity index is 0.00000220. The van der Waals surface area contributed by atoms with Gasteiger partial charge in [0.2, 0.25) is 0 Å². The summed E-state index contributed by atoms with van der Waals surface area (Å²) in [4.78, 5) is 2.15. The van der Waals surface area contributed by atoms with E-state index in [-0.39, 0.29) is 18.4 Å². The highest BCUT2D eigenvalue weighted by atomic mass is 79.9. The van der Waals surface area contributed by atoms with Gasteiger partial charge in [0, 0.05) is 26.2 Å². The van der Waals surface area contributed by atoms with Crippen molar-refractivity contribution in [3.8, 4) is 11.5 Å². The van der Waals surface area contributed by atoms with Gasteiger partial charge in [0.1, 0.15) is 22.6 Å². The molecule has 0 amide bonds. The number of piperazine rings is 1. The summed E-state index contributed by atoms with van der Waals surface area (Å²) in [5, 5.41) is 3.28. The Bertz CT molecular complexity index is 434. The SMILES string of the molecule is COc1cc([C@H](CF)N2CCNCC2)cc(OC)c1Br.Cl. The molecule has 2 rings (SSSR count). The number of hydrogen-bond acceptors (Lipinski definition) is 4. The lowest BCUT2D eigenvalue weighted by Crippen LogP contribution is -2.45. The number of halogens is 3. The summed E-state index contributed by atoms with van der Waals surface area (Å²) in [6, 6.07) is 3.49. The van der Waals surface area contributed by atoms with Crippen LogP contribution in [0.4, 0.5) is 4.39 Å². The van der Waals surface area contributed by atoms with Crippen LogP contribution in [0.3, 0.4) is 0 Å². The van der Waals surface area contributed by atoms with Gasteiger partial charge in [0.25, 0.3) is 0 Å². The molecule has 7 heteroatoms. The molecule has 1 aromatic carbocycles. The zero-order valence-electron chi connectivity index (χ0n) is 12.2. The standard InChI is InChI=1S/C14H20BrFN2O2.ClH/c1-19-12-7-10(8-13(20-2)14(12)15)11(9-16)18-5-3-17-4-6-18;/h7-8,11,17H,3-6,9H2,1-2H3;1H/t11-;/m0./s1. The van der Waals surface area contributed by atoms with E-state index in [0.717, 1.165) is 36.2 Å². The average Bonchev–Trinajstić information content (AvgIpc) is 2.50. The molecule has 1 aliphatic rings. The van der Waals surface area contributed by atoms with Crippen molar-refractivity contribution in [3.05, 3.63) is 22.2 Å². The highest BCUT2D eigenvalue weighted by Crippen LogP contribution is 2.38. The molecule has 0 spiro atoms. The van der Waals surface area contributed by atoms with Gasteiger partial charge in [0.15, 0.2) is 0 Å². The minimum atomic E-state index is -0.423. The van der Waals surface area contributed by atoms with Crippen LogP contribution in [0, 0.1) is 0 Å². The molecule has 1 heterocycles. The summed E-state index contributed by atoms with van der Waals surface area (Å²) in [6.45, 7) is 3.04. The average molecular weight is 384 g/mol. The maximum absolute atomic E-state index is 13.5. The van der Waals surface area contributed by atoms with Crippen LogP contribution < -0.4 is 14.8 Å². The summed E-state index contributed by atoms with van der Waals surface area (Å²) >= 11 is 3.44. The van der Waals surface area contributed by atoms with Gasteiger partial charge in [-0.05, 0) is 33.6 Å². The van der Waals surface area contributed by atoms with Crippen molar-refractivity contribution in [2.24, 2.45) is 0 Å². The lowest BCUT2D eigenvalue weighted by Gasteiger charge is -2.34. The van der Waals surface area contributed by atoms with Crippen LogP contribution in [0.15, 0.2) is 16.6 Å². The number of nitrogens with zero attached hydrogens (tertiary/aromatic N) is 1. The Hall–Kier alpha value is -0.560. The van der Waals surface area contributed by atoms with E-state index in [1.54, 1.807) is 14.2 Å². The maximum Gasteiger partial charge on any atom is 0.137 e. The van der Waals surface area contributed by atoms with Crippen LogP contribution in [0.1, 0.15) is 11.6 Å². The second kappa shape index (κ2) is 8.78. The Labute approximate surface area is 139 Å². The van der Waals surface area contributed by atoms with Crippen LogP contribution in [0.5, 0.6) is 11.5 Å².